The summed E-state index contributed by atoms with van der Waals surface area (Å²) >= 11 is 0. The number of nitrogens with zero attached hydrogens (tertiary/aromatic N) is 4. The topological polar surface area (TPSA) is 72.2 Å². The molecule has 0 aliphatic rings. The minimum Gasteiger partial charge on any atom is -0.324 e. The second-order valence-corrected chi connectivity index (χ2v) is 6.74. The molecule has 6 nitrogen and oxygen atoms in total. The van der Waals surface area contributed by atoms with E-state index in [9.17, 15) is 4.79 Å². The van der Waals surface area contributed by atoms with Gasteiger partial charge in [-0.2, -0.15) is 0 Å². The van der Waals surface area contributed by atoms with Gasteiger partial charge >= 0.3 is 0 Å². The monoisotopic (exact) mass is 391 g/mol. The Balaban J connectivity index is 1.38. The molecule has 0 amide bonds. The number of pyridine rings is 1. The molecule has 0 unspecified atom stereocenters. The average molecular weight is 391 g/mol. The normalized spacial score (nSPS) is 10.8. The number of nitrogens with one attached hydrogen (secondary N) is 1. The van der Waals surface area contributed by atoms with Gasteiger partial charge in [0, 0.05) is 29.2 Å². The van der Waals surface area contributed by atoms with Crippen molar-refractivity contribution < 1.29 is 4.79 Å². The maximum Gasteiger partial charge on any atom is 0.227 e. The number of carbonyl (C=O) groups excluding carboxylic acids is 1. The molecule has 0 fully saturated rings. The van der Waals surface area contributed by atoms with Gasteiger partial charge < -0.3 is 5.32 Å². The summed E-state index contributed by atoms with van der Waals surface area (Å²) in [5, 5.41) is 3.20. The van der Waals surface area contributed by atoms with Crippen molar-refractivity contribution in [2.75, 3.05) is 5.32 Å². The third-order valence-electron chi connectivity index (χ3n) is 4.77. The Morgan fingerprint density at radius 3 is 2.40 bits per heavy atom. The Kier molecular flexibility index (Phi) is 4.50. The summed E-state index contributed by atoms with van der Waals surface area (Å²) in [4.78, 5) is 25.9. The van der Waals surface area contributed by atoms with E-state index >= 15 is 0 Å². The molecule has 0 saturated carbocycles. The fraction of sp³-hybridized carbons (Fsp3) is 0. The third kappa shape index (κ3) is 3.42. The van der Waals surface area contributed by atoms with Gasteiger partial charge in [-0.05, 0) is 42.5 Å². The molecule has 5 rings (SSSR count). The number of rotatable bonds is 5. The van der Waals surface area contributed by atoms with Crippen molar-refractivity contribution in [3.8, 4) is 11.4 Å². The molecule has 3 aromatic heterocycles. The quantitative estimate of drug-likeness (QED) is 0.437. The highest BCUT2D eigenvalue weighted by atomic mass is 16.1. The second kappa shape index (κ2) is 7.60. The minimum absolute atomic E-state index is 0.00647. The van der Waals surface area contributed by atoms with Gasteiger partial charge in [-0.15, -0.1) is 0 Å². The second-order valence-electron chi connectivity index (χ2n) is 6.74. The number of imidazole rings is 1. The van der Waals surface area contributed by atoms with Crippen LogP contribution in [0.15, 0.2) is 97.5 Å². The molecule has 5 aromatic rings. The first-order valence-electron chi connectivity index (χ1n) is 9.50. The van der Waals surface area contributed by atoms with Crippen LogP contribution in [0, 0.1) is 0 Å². The molecule has 0 aliphatic carbocycles. The number of fused-ring (bicyclic) bond motifs is 1. The summed E-state index contributed by atoms with van der Waals surface area (Å²) < 4.78 is 1.98. The van der Waals surface area contributed by atoms with Crippen molar-refractivity contribution in [1.82, 2.24) is 19.4 Å². The van der Waals surface area contributed by atoms with E-state index in [1.165, 1.54) is 0 Å². The summed E-state index contributed by atoms with van der Waals surface area (Å²) in [5.41, 5.74) is 4.62. The number of hydrogen-bond acceptors (Lipinski definition) is 5. The van der Waals surface area contributed by atoms with E-state index in [1.54, 1.807) is 24.5 Å². The smallest absolute Gasteiger partial charge is 0.227 e. The third-order valence-corrected chi connectivity index (χ3v) is 4.77. The van der Waals surface area contributed by atoms with E-state index in [0.29, 0.717) is 17.1 Å². The Morgan fingerprint density at radius 2 is 1.57 bits per heavy atom. The van der Waals surface area contributed by atoms with Crippen LogP contribution in [0.25, 0.3) is 17.0 Å². The van der Waals surface area contributed by atoms with Gasteiger partial charge in [0.25, 0.3) is 0 Å². The molecule has 30 heavy (non-hydrogen) atoms. The fourth-order valence-electron chi connectivity index (χ4n) is 3.27. The van der Waals surface area contributed by atoms with Crippen LogP contribution in [0.4, 0.5) is 11.6 Å². The maximum absolute atomic E-state index is 12.5. The van der Waals surface area contributed by atoms with Crippen LogP contribution in [-0.2, 0) is 0 Å². The zero-order valence-electron chi connectivity index (χ0n) is 15.9. The molecule has 1 N–H and O–H groups in total. The zero-order valence-corrected chi connectivity index (χ0v) is 15.9. The molecule has 0 atom stereocenters. The van der Waals surface area contributed by atoms with Crippen LogP contribution >= 0.6 is 0 Å². The lowest BCUT2D eigenvalue weighted by Crippen LogP contribution is -2.02. The van der Waals surface area contributed by atoms with Crippen molar-refractivity contribution in [2.45, 2.75) is 0 Å². The van der Waals surface area contributed by atoms with E-state index < -0.39 is 0 Å². The van der Waals surface area contributed by atoms with Gasteiger partial charge in [-0.1, -0.05) is 36.4 Å². The first kappa shape index (κ1) is 17.8. The molecule has 0 spiro atoms. The molecule has 6 heteroatoms. The highest BCUT2D eigenvalue weighted by Crippen LogP contribution is 2.21. The van der Waals surface area contributed by atoms with Gasteiger partial charge in [0.05, 0.1) is 17.6 Å². The molecule has 0 aliphatic heterocycles. The van der Waals surface area contributed by atoms with Crippen LogP contribution in [0.1, 0.15) is 15.9 Å². The van der Waals surface area contributed by atoms with Gasteiger partial charge in [0.1, 0.15) is 5.65 Å². The molecule has 0 bridgehead atoms. The summed E-state index contributed by atoms with van der Waals surface area (Å²) in [5.74, 6) is 0.466. The van der Waals surface area contributed by atoms with E-state index in [2.05, 4.69) is 20.3 Å². The van der Waals surface area contributed by atoms with Crippen LogP contribution in [-0.4, -0.2) is 25.1 Å². The Labute approximate surface area is 172 Å². The Bertz CT molecular complexity index is 1330. The SMILES string of the molecule is O=C(c1ccccc1)c1ccc(Nc2nccc(-c3cnc4ccccn34)n2)cc1. The summed E-state index contributed by atoms with van der Waals surface area (Å²) in [7, 11) is 0. The molecule has 2 aromatic carbocycles. The number of ketones is 1. The first-order valence-corrected chi connectivity index (χ1v) is 9.50. The molecule has 0 saturated heterocycles. The van der Waals surface area contributed by atoms with E-state index in [1.807, 2.05) is 77.3 Å². The largest absolute Gasteiger partial charge is 0.324 e. The van der Waals surface area contributed by atoms with Crippen molar-refractivity contribution in [1.29, 1.82) is 0 Å². The van der Waals surface area contributed by atoms with Crippen molar-refractivity contribution in [2.24, 2.45) is 0 Å². The van der Waals surface area contributed by atoms with E-state index in [-0.39, 0.29) is 5.78 Å². The fourth-order valence-corrected chi connectivity index (χ4v) is 3.27. The van der Waals surface area contributed by atoms with Gasteiger partial charge in [-0.3, -0.25) is 9.20 Å². The number of carbonyl (C=O) groups is 1. The lowest BCUT2D eigenvalue weighted by molar-refractivity contribution is 0.103. The van der Waals surface area contributed by atoms with Gasteiger partial charge in [0.15, 0.2) is 5.78 Å². The van der Waals surface area contributed by atoms with Crippen molar-refractivity contribution in [3.63, 3.8) is 0 Å². The van der Waals surface area contributed by atoms with Gasteiger partial charge in [0.2, 0.25) is 5.95 Å². The van der Waals surface area contributed by atoms with E-state index in [4.69, 9.17) is 0 Å². The Morgan fingerprint density at radius 1 is 0.800 bits per heavy atom. The number of benzene rings is 2. The molecule has 0 radical (unpaired) electrons. The minimum atomic E-state index is -0.00647. The van der Waals surface area contributed by atoms with Crippen LogP contribution < -0.4 is 5.32 Å². The number of aromatic nitrogens is 4. The lowest BCUT2D eigenvalue weighted by Gasteiger charge is -2.08. The summed E-state index contributed by atoms with van der Waals surface area (Å²) in [6.45, 7) is 0. The maximum atomic E-state index is 12.5. The van der Waals surface area contributed by atoms with Crippen molar-refractivity contribution in [3.05, 3.63) is 109 Å². The zero-order chi connectivity index (χ0) is 20.3. The van der Waals surface area contributed by atoms with Crippen LogP contribution in [0.2, 0.25) is 0 Å². The highest BCUT2D eigenvalue weighted by molar-refractivity contribution is 6.09. The first-order chi connectivity index (χ1) is 14.8. The Hall–Kier alpha value is -4.32. The van der Waals surface area contributed by atoms with Crippen molar-refractivity contribution >= 4 is 23.1 Å². The molecule has 144 valence electrons. The summed E-state index contributed by atoms with van der Waals surface area (Å²) in [6, 6.07) is 24.2. The average Bonchev–Trinajstić information content (AvgIpc) is 3.24. The predicted octanol–water partition coefficient (Wildman–Crippen LogP) is 4.77. The number of anilines is 2. The van der Waals surface area contributed by atoms with Crippen LogP contribution in [0.3, 0.4) is 0 Å². The molecule has 3 heterocycles. The highest BCUT2D eigenvalue weighted by Gasteiger charge is 2.10. The van der Waals surface area contributed by atoms with Crippen LogP contribution in [0.5, 0.6) is 0 Å². The molecular formula is C24H17N5O. The molecular weight excluding hydrogens is 374 g/mol. The van der Waals surface area contributed by atoms with Gasteiger partial charge in [-0.25, -0.2) is 15.0 Å². The predicted molar refractivity (Wildman–Crippen MR) is 116 cm³/mol. The standard InChI is InChI=1S/C24H17N5O/c30-23(17-6-2-1-3-7-17)18-9-11-19(12-10-18)27-24-25-14-13-20(28-24)21-16-26-22-8-4-5-15-29(21)22/h1-16H,(H,25,27,28). The lowest BCUT2D eigenvalue weighted by atomic mass is 10.0. The number of hydrogen-bond donors (Lipinski definition) is 1. The summed E-state index contributed by atoms with van der Waals surface area (Å²) in [6.07, 6.45) is 5.46. The van der Waals surface area contributed by atoms with E-state index in [0.717, 1.165) is 22.7 Å².